The van der Waals surface area contributed by atoms with E-state index in [2.05, 4.69) is 41.5 Å². The van der Waals surface area contributed by atoms with Gasteiger partial charge in [0, 0.05) is 25.7 Å². The first-order valence-electron chi connectivity index (χ1n) is 37.0. The van der Waals surface area contributed by atoms with E-state index >= 15 is 0 Å². The highest BCUT2D eigenvalue weighted by Gasteiger charge is 2.30. The third-order valence-corrected chi connectivity index (χ3v) is 18.4. The molecule has 0 heterocycles. The van der Waals surface area contributed by atoms with Gasteiger partial charge in [-0.3, -0.25) is 37.3 Å². The second-order valence-electron chi connectivity index (χ2n) is 26.6. The SMILES string of the molecule is CCCCCCCCCCCC(=O)OC[C@H](COP(=O)(O)OC[C@H](O)COP(=O)(O)OC[C@@H](COC(=O)CCCCCCCCCCC(C)C)OC(=O)CCCCCCCCCCCCCCCCCCCCC(C)C)OC(=O)CCCCCCCCCCC. The third-order valence-electron chi connectivity index (χ3n) is 16.5. The standard InChI is InChI=1S/C71H138O17P2/c1-7-9-11-13-15-27-35-41-47-53-68(73)81-59-66(87-70(75)55-49-43-37-28-16-14-12-10-8-2)61-85-89(77,78)83-57-65(72)58-84-90(79,80)86-62-67(60-82-69(74)54-48-42-36-32-31-34-40-46-52-64(5)6)88-71(76)56-50-44-38-30-26-24-22-20-18-17-19-21-23-25-29-33-39-45-51-63(3)4/h63-67,72H,7-62H2,1-6H3,(H,77,78)(H,79,80)/t65-,66+,67+/m0/s1. The van der Waals surface area contributed by atoms with E-state index in [1.807, 2.05) is 0 Å². The molecule has 0 radical (unpaired) electrons. The van der Waals surface area contributed by atoms with Crippen molar-refractivity contribution in [2.75, 3.05) is 39.6 Å². The molecule has 0 saturated heterocycles. The zero-order chi connectivity index (χ0) is 66.5. The maximum absolute atomic E-state index is 13.0. The molecule has 19 heteroatoms. The first-order chi connectivity index (χ1) is 43.4. The molecule has 0 aliphatic heterocycles. The molecule has 0 amide bonds. The molecule has 0 aliphatic rings. The Morgan fingerprint density at radius 3 is 0.756 bits per heavy atom. The molecule has 534 valence electrons. The monoisotopic (exact) mass is 1320 g/mol. The fraction of sp³-hybridized carbons (Fsp3) is 0.944. The minimum Gasteiger partial charge on any atom is -0.462 e. The van der Waals surface area contributed by atoms with E-state index in [-0.39, 0.29) is 25.7 Å². The number of hydrogen-bond acceptors (Lipinski definition) is 15. The number of esters is 4. The molecule has 0 rings (SSSR count). The third kappa shape index (κ3) is 64.8. The number of aliphatic hydroxyl groups excluding tert-OH is 1. The zero-order valence-corrected chi connectivity index (χ0v) is 60.2. The predicted molar refractivity (Wildman–Crippen MR) is 363 cm³/mol. The number of aliphatic hydroxyl groups is 1. The molecule has 0 aromatic rings. The lowest BCUT2D eigenvalue weighted by Crippen LogP contribution is -2.30. The first-order valence-corrected chi connectivity index (χ1v) is 40.0. The molecule has 17 nitrogen and oxygen atoms in total. The van der Waals surface area contributed by atoms with Crippen molar-refractivity contribution in [1.29, 1.82) is 0 Å². The number of phosphoric acid groups is 2. The molecule has 0 aliphatic carbocycles. The quantitative estimate of drug-likeness (QED) is 0.0222. The molecule has 0 fully saturated rings. The van der Waals surface area contributed by atoms with Gasteiger partial charge in [-0.15, -0.1) is 0 Å². The molecular weight excluding hydrogens is 1190 g/mol. The van der Waals surface area contributed by atoms with Crippen LogP contribution in [0.3, 0.4) is 0 Å². The minimum absolute atomic E-state index is 0.106. The average molecular weight is 1330 g/mol. The van der Waals surface area contributed by atoms with Crippen molar-refractivity contribution in [3.63, 3.8) is 0 Å². The Kier molecular flexibility index (Phi) is 61.8. The van der Waals surface area contributed by atoms with Crippen molar-refractivity contribution < 1.29 is 80.2 Å². The second kappa shape index (κ2) is 63.1. The summed E-state index contributed by atoms with van der Waals surface area (Å²) < 4.78 is 68.2. The van der Waals surface area contributed by atoms with Crippen molar-refractivity contribution in [3.8, 4) is 0 Å². The predicted octanol–water partition coefficient (Wildman–Crippen LogP) is 20.4. The van der Waals surface area contributed by atoms with Crippen LogP contribution in [0.2, 0.25) is 0 Å². The fourth-order valence-corrected chi connectivity index (χ4v) is 12.3. The number of phosphoric ester groups is 2. The maximum Gasteiger partial charge on any atom is 0.472 e. The Bertz CT molecular complexity index is 1750. The summed E-state index contributed by atoms with van der Waals surface area (Å²) in [6.07, 6.45) is 48.8. The van der Waals surface area contributed by atoms with Crippen molar-refractivity contribution in [2.24, 2.45) is 11.8 Å². The van der Waals surface area contributed by atoms with Crippen LogP contribution in [-0.2, 0) is 65.4 Å². The largest absolute Gasteiger partial charge is 0.472 e. The molecule has 90 heavy (non-hydrogen) atoms. The summed E-state index contributed by atoms with van der Waals surface area (Å²) in [6, 6.07) is 0. The van der Waals surface area contributed by atoms with E-state index in [0.29, 0.717) is 25.7 Å². The number of ether oxygens (including phenoxy) is 4. The Morgan fingerprint density at radius 1 is 0.300 bits per heavy atom. The molecule has 0 spiro atoms. The van der Waals surface area contributed by atoms with E-state index in [0.717, 1.165) is 102 Å². The number of rotatable bonds is 70. The van der Waals surface area contributed by atoms with Crippen LogP contribution in [0, 0.1) is 11.8 Å². The highest BCUT2D eigenvalue weighted by Crippen LogP contribution is 2.45. The number of hydrogen-bond donors (Lipinski definition) is 3. The first kappa shape index (κ1) is 88.1. The average Bonchev–Trinajstić information content (AvgIpc) is 3.31. The molecule has 0 bridgehead atoms. The van der Waals surface area contributed by atoms with Gasteiger partial charge in [-0.25, -0.2) is 9.13 Å². The summed E-state index contributed by atoms with van der Waals surface area (Å²) in [5.74, 6) is -0.580. The van der Waals surface area contributed by atoms with Crippen LogP contribution in [0.4, 0.5) is 0 Å². The Morgan fingerprint density at radius 2 is 0.511 bits per heavy atom. The number of unbranched alkanes of at least 4 members (excludes halogenated alkanes) is 40. The van der Waals surface area contributed by atoms with Gasteiger partial charge in [0.2, 0.25) is 0 Å². The Labute approximate surface area is 549 Å². The lowest BCUT2D eigenvalue weighted by atomic mass is 10.0. The molecular formula is C71H138O17P2. The van der Waals surface area contributed by atoms with Crippen LogP contribution in [0.1, 0.15) is 363 Å². The number of carbonyl (C=O) groups is 4. The van der Waals surface area contributed by atoms with Crippen LogP contribution in [0.5, 0.6) is 0 Å². The molecule has 0 aromatic heterocycles. The summed E-state index contributed by atoms with van der Waals surface area (Å²) in [4.78, 5) is 72.4. The smallest absolute Gasteiger partial charge is 0.462 e. The van der Waals surface area contributed by atoms with Crippen LogP contribution in [0.25, 0.3) is 0 Å². The minimum atomic E-state index is -4.95. The van der Waals surface area contributed by atoms with Crippen molar-refractivity contribution in [3.05, 3.63) is 0 Å². The molecule has 5 atom stereocenters. The van der Waals surface area contributed by atoms with Gasteiger partial charge in [0.15, 0.2) is 12.2 Å². The Balaban J connectivity index is 5.14. The molecule has 0 saturated carbocycles. The molecule has 0 aromatic carbocycles. The van der Waals surface area contributed by atoms with Gasteiger partial charge >= 0.3 is 39.5 Å². The normalized spacial score (nSPS) is 14.1. The Hall–Kier alpha value is -1.94. The van der Waals surface area contributed by atoms with Gasteiger partial charge in [-0.2, -0.15) is 0 Å². The van der Waals surface area contributed by atoms with Crippen molar-refractivity contribution in [1.82, 2.24) is 0 Å². The lowest BCUT2D eigenvalue weighted by Gasteiger charge is -2.21. The topological polar surface area (TPSA) is 237 Å². The summed E-state index contributed by atoms with van der Waals surface area (Å²) in [5.41, 5.74) is 0. The van der Waals surface area contributed by atoms with E-state index in [4.69, 9.17) is 37.0 Å². The van der Waals surface area contributed by atoms with Crippen LogP contribution in [0.15, 0.2) is 0 Å². The zero-order valence-electron chi connectivity index (χ0n) is 58.4. The van der Waals surface area contributed by atoms with Gasteiger partial charge in [0.1, 0.15) is 19.3 Å². The molecule has 3 N–H and O–H groups in total. The summed E-state index contributed by atoms with van der Waals surface area (Å²) in [6.45, 7) is 9.52. The van der Waals surface area contributed by atoms with E-state index in [1.54, 1.807) is 0 Å². The van der Waals surface area contributed by atoms with Crippen LogP contribution >= 0.6 is 15.6 Å². The van der Waals surface area contributed by atoms with Crippen LogP contribution < -0.4 is 0 Å². The summed E-state index contributed by atoms with van der Waals surface area (Å²) in [5, 5.41) is 10.6. The lowest BCUT2D eigenvalue weighted by molar-refractivity contribution is -0.161. The van der Waals surface area contributed by atoms with Gasteiger partial charge in [0.05, 0.1) is 26.4 Å². The summed E-state index contributed by atoms with van der Waals surface area (Å²) in [7, 11) is -9.89. The highest BCUT2D eigenvalue weighted by atomic mass is 31.2. The van der Waals surface area contributed by atoms with Gasteiger partial charge in [-0.1, -0.05) is 311 Å². The van der Waals surface area contributed by atoms with Gasteiger partial charge in [0.25, 0.3) is 0 Å². The highest BCUT2D eigenvalue weighted by molar-refractivity contribution is 7.47. The second-order valence-corrected chi connectivity index (χ2v) is 29.5. The number of carbonyl (C=O) groups excluding carboxylic acids is 4. The van der Waals surface area contributed by atoms with E-state index in [1.165, 1.54) is 180 Å². The van der Waals surface area contributed by atoms with Gasteiger partial charge in [-0.05, 0) is 37.5 Å². The van der Waals surface area contributed by atoms with E-state index in [9.17, 15) is 43.2 Å². The molecule has 2 unspecified atom stereocenters. The van der Waals surface area contributed by atoms with Crippen LogP contribution in [-0.4, -0.2) is 96.7 Å². The van der Waals surface area contributed by atoms with Gasteiger partial charge < -0.3 is 33.8 Å². The summed E-state index contributed by atoms with van der Waals surface area (Å²) >= 11 is 0. The van der Waals surface area contributed by atoms with Crippen molar-refractivity contribution in [2.45, 2.75) is 381 Å². The fourth-order valence-electron chi connectivity index (χ4n) is 10.8. The van der Waals surface area contributed by atoms with Crippen molar-refractivity contribution >= 4 is 39.5 Å². The maximum atomic E-state index is 13.0. The van der Waals surface area contributed by atoms with E-state index < -0.39 is 97.5 Å².